The van der Waals surface area contributed by atoms with Crippen LogP contribution >= 0.6 is 27.3 Å². The summed E-state index contributed by atoms with van der Waals surface area (Å²) in [6.07, 6.45) is 0. The van der Waals surface area contributed by atoms with E-state index in [1.807, 2.05) is 19.9 Å². The van der Waals surface area contributed by atoms with Gasteiger partial charge in [-0.3, -0.25) is 0 Å². The number of hydrogen-bond acceptors (Lipinski definition) is 3. The Kier molecular flexibility index (Phi) is 4.63. The minimum Gasteiger partial charge on any atom is -0.207 e. The largest absolute Gasteiger partial charge is 0.243 e. The highest BCUT2D eigenvalue weighted by atomic mass is 79.9. The molecule has 0 spiro atoms. The predicted octanol–water partition coefficient (Wildman–Crippen LogP) is 3.75. The van der Waals surface area contributed by atoms with E-state index in [9.17, 15) is 12.8 Å². The summed E-state index contributed by atoms with van der Waals surface area (Å²) in [5.74, 6) is -0.773. The zero-order chi connectivity index (χ0) is 14.9. The molecule has 1 heterocycles. The van der Waals surface area contributed by atoms with Gasteiger partial charge in [-0.2, -0.15) is 0 Å². The molecule has 1 N–H and O–H groups in total. The average molecular weight is 378 g/mol. The SMILES string of the molecule is Cc1cc(CNS(=O)(=O)c2ccc(Br)cc2F)sc1C. The third-order valence-corrected chi connectivity index (χ3v) is 5.92. The molecule has 3 nitrogen and oxygen atoms in total. The second-order valence-electron chi connectivity index (χ2n) is 4.35. The van der Waals surface area contributed by atoms with E-state index in [1.165, 1.54) is 23.5 Å². The van der Waals surface area contributed by atoms with Gasteiger partial charge in [0.2, 0.25) is 10.0 Å². The Morgan fingerprint density at radius 1 is 1.30 bits per heavy atom. The van der Waals surface area contributed by atoms with Crippen molar-refractivity contribution >= 4 is 37.3 Å². The van der Waals surface area contributed by atoms with Gasteiger partial charge in [0.05, 0.1) is 0 Å². The van der Waals surface area contributed by atoms with E-state index in [0.717, 1.165) is 21.4 Å². The molecular weight excluding hydrogens is 365 g/mol. The summed E-state index contributed by atoms with van der Waals surface area (Å²) in [6.45, 7) is 4.11. The quantitative estimate of drug-likeness (QED) is 0.881. The second kappa shape index (κ2) is 5.93. The highest BCUT2D eigenvalue weighted by Gasteiger charge is 2.19. The third kappa shape index (κ3) is 3.46. The van der Waals surface area contributed by atoms with Crippen LogP contribution in [0.2, 0.25) is 0 Å². The Labute approximate surface area is 130 Å². The Bertz CT molecular complexity index is 721. The first-order chi connectivity index (χ1) is 9.29. The smallest absolute Gasteiger partial charge is 0.207 e. The molecule has 0 amide bonds. The molecule has 0 saturated heterocycles. The van der Waals surface area contributed by atoms with E-state index in [2.05, 4.69) is 20.7 Å². The van der Waals surface area contributed by atoms with Gasteiger partial charge in [-0.1, -0.05) is 15.9 Å². The van der Waals surface area contributed by atoms with Crippen molar-refractivity contribution in [1.29, 1.82) is 0 Å². The van der Waals surface area contributed by atoms with Crippen LogP contribution < -0.4 is 4.72 Å². The summed E-state index contributed by atoms with van der Waals surface area (Å²) in [4.78, 5) is 1.71. The van der Waals surface area contributed by atoms with E-state index in [4.69, 9.17) is 0 Å². The summed E-state index contributed by atoms with van der Waals surface area (Å²) in [5.41, 5.74) is 1.12. The van der Waals surface area contributed by atoms with E-state index >= 15 is 0 Å². The fraction of sp³-hybridized carbons (Fsp3) is 0.231. The van der Waals surface area contributed by atoms with E-state index in [0.29, 0.717) is 4.47 Å². The summed E-state index contributed by atoms with van der Waals surface area (Å²) in [7, 11) is -3.85. The molecule has 0 aliphatic rings. The van der Waals surface area contributed by atoms with Crippen molar-refractivity contribution in [2.45, 2.75) is 25.3 Å². The maximum absolute atomic E-state index is 13.7. The lowest BCUT2D eigenvalue weighted by Gasteiger charge is -2.07. The van der Waals surface area contributed by atoms with Crippen molar-refractivity contribution in [3.05, 3.63) is 49.9 Å². The van der Waals surface area contributed by atoms with Crippen LogP contribution in [0.5, 0.6) is 0 Å². The Morgan fingerprint density at radius 3 is 2.55 bits per heavy atom. The van der Waals surface area contributed by atoms with Gasteiger partial charge < -0.3 is 0 Å². The summed E-state index contributed by atoms with van der Waals surface area (Å²) in [5, 5.41) is 0. The monoisotopic (exact) mass is 377 g/mol. The molecule has 0 radical (unpaired) electrons. The molecule has 0 unspecified atom stereocenters. The Hall–Kier alpha value is -0.760. The molecule has 20 heavy (non-hydrogen) atoms. The maximum atomic E-state index is 13.7. The molecule has 0 aliphatic carbocycles. The second-order valence-corrected chi connectivity index (χ2v) is 8.34. The highest BCUT2D eigenvalue weighted by Crippen LogP contribution is 2.22. The first-order valence-electron chi connectivity index (χ1n) is 5.80. The van der Waals surface area contributed by atoms with Crippen LogP contribution in [-0.4, -0.2) is 8.42 Å². The topological polar surface area (TPSA) is 46.2 Å². The molecule has 0 fully saturated rings. The van der Waals surface area contributed by atoms with Crippen LogP contribution in [-0.2, 0) is 16.6 Å². The number of rotatable bonds is 4. The minimum absolute atomic E-state index is 0.164. The number of benzene rings is 1. The fourth-order valence-electron chi connectivity index (χ4n) is 1.67. The zero-order valence-corrected chi connectivity index (χ0v) is 14.1. The van der Waals surface area contributed by atoms with Gasteiger partial charge in [0.1, 0.15) is 10.7 Å². The first-order valence-corrected chi connectivity index (χ1v) is 8.89. The van der Waals surface area contributed by atoms with Gasteiger partial charge in [0.25, 0.3) is 0 Å². The molecule has 7 heteroatoms. The lowest BCUT2D eigenvalue weighted by molar-refractivity contribution is 0.556. The van der Waals surface area contributed by atoms with Crippen molar-refractivity contribution in [1.82, 2.24) is 4.72 Å². The van der Waals surface area contributed by atoms with E-state index < -0.39 is 15.8 Å². The van der Waals surface area contributed by atoms with Crippen molar-refractivity contribution in [2.75, 3.05) is 0 Å². The predicted molar refractivity (Wildman–Crippen MR) is 81.9 cm³/mol. The van der Waals surface area contributed by atoms with Crippen LogP contribution in [0, 0.1) is 19.7 Å². The number of sulfonamides is 1. The molecule has 2 rings (SSSR count). The molecule has 0 atom stereocenters. The molecule has 0 saturated carbocycles. The third-order valence-electron chi connectivity index (χ3n) is 2.84. The fourth-order valence-corrected chi connectivity index (χ4v) is 4.16. The molecule has 0 bridgehead atoms. The number of hydrogen-bond donors (Lipinski definition) is 1. The van der Waals surface area contributed by atoms with Gasteiger partial charge in [0, 0.05) is 20.8 Å². The van der Waals surface area contributed by atoms with Crippen LogP contribution in [0.4, 0.5) is 4.39 Å². The normalized spacial score (nSPS) is 11.8. The molecule has 108 valence electrons. The van der Waals surface area contributed by atoms with Crippen LogP contribution in [0.1, 0.15) is 15.3 Å². The average Bonchev–Trinajstić information content (AvgIpc) is 2.66. The van der Waals surface area contributed by atoms with Gasteiger partial charge >= 0.3 is 0 Å². The summed E-state index contributed by atoms with van der Waals surface area (Å²) >= 11 is 4.62. The molecule has 0 aliphatic heterocycles. The van der Waals surface area contributed by atoms with E-state index in [-0.39, 0.29) is 11.4 Å². The summed E-state index contributed by atoms with van der Waals surface area (Å²) < 4.78 is 40.7. The number of thiophene rings is 1. The first kappa shape index (κ1) is 15.6. The van der Waals surface area contributed by atoms with Crippen LogP contribution in [0.25, 0.3) is 0 Å². The molecule has 1 aromatic heterocycles. The highest BCUT2D eigenvalue weighted by molar-refractivity contribution is 9.10. The van der Waals surface area contributed by atoms with Crippen molar-refractivity contribution < 1.29 is 12.8 Å². The molecule has 1 aromatic carbocycles. The number of aryl methyl sites for hydroxylation is 2. The zero-order valence-electron chi connectivity index (χ0n) is 10.9. The van der Waals surface area contributed by atoms with Gasteiger partial charge in [0.15, 0.2) is 0 Å². The van der Waals surface area contributed by atoms with Crippen LogP contribution in [0.15, 0.2) is 33.6 Å². The van der Waals surface area contributed by atoms with Crippen molar-refractivity contribution in [3.8, 4) is 0 Å². The number of halogens is 2. The number of nitrogens with one attached hydrogen (secondary N) is 1. The molecule has 2 aromatic rings. The lowest BCUT2D eigenvalue weighted by Crippen LogP contribution is -2.23. The van der Waals surface area contributed by atoms with Gasteiger partial charge in [-0.15, -0.1) is 11.3 Å². The lowest BCUT2D eigenvalue weighted by atomic mass is 10.3. The maximum Gasteiger partial charge on any atom is 0.243 e. The standard InChI is InChI=1S/C13H13BrFNO2S2/c1-8-5-11(19-9(8)2)7-16-20(17,18)13-4-3-10(14)6-12(13)15/h3-6,16H,7H2,1-2H3. The van der Waals surface area contributed by atoms with Gasteiger partial charge in [-0.25, -0.2) is 17.5 Å². The van der Waals surface area contributed by atoms with Crippen molar-refractivity contribution in [3.63, 3.8) is 0 Å². The van der Waals surface area contributed by atoms with Crippen LogP contribution in [0.3, 0.4) is 0 Å². The Morgan fingerprint density at radius 2 is 2.00 bits per heavy atom. The van der Waals surface area contributed by atoms with Crippen molar-refractivity contribution in [2.24, 2.45) is 0 Å². The van der Waals surface area contributed by atoms with Gasteiger partial charge in [-0.05, 0) is 43.7 Å². The Balaban J connectivity index is 2.19. The summed E-state index contributed by atoms with van der Waals surface area (Å²) in [6, 6.07) is 5.80. The minimum atomic E-state index is -3.85. The molecular formula is C13H13BrFNO2S2. The van der Waals surface area contributed by atoms with E-state index in [1.54, 1.807) is 0 Å².